The third-order valence-electron chi connectivity index (χ3n) is 4.33. The van der Waals surface area contributed by atoms with Gasteiger partial charge in [0.15, 0.2) is 11.5 Å². The van der Waals surface area contributed by atoms with Crippen molar-refractivity contribution in [3.63, 3.8) is 0 Å². The van der Waals surface area contributed by atoms with Crippen molar-refractivity contribution in [3.8, 4) is 11.5 Å². The van der Waals surface area contributed by atoms with Crippen LogP contribution in [-0.2, 0) is 6.54 Å². The zero-order valence-electron chi connectivity index (χ0n) is 13.5. The summed E-state index contributed by atoms with van der Waals surface area (Å²) >= 11 is 1.74. The summed E-state index contributed by atoms with van der Waals surface area (Å²) in [5.74, 6) is 1.41. The Balaban J connectivity index is 1.36. The van der Waals surface area contributed by atoms with Gasteiger partial charge in [0.1, 0.15) is 0 Å². The van der Waals surface area contributed by atoms with Crippen LogP contribution in [0.25, 0.3) is 0 Å². The summed E-state index contributed by atoms with van der Waals surface area (Å²) in [6.45, 7) is 6.41. The van der Waals surface area contributed by atoms with Gasteiger partial charge in [0, 0.05) is 49.4 Å². The van der Waals surface area contributed by atoms with Gasteiger partial charge in [0.25, 0.3) is 5.91 Å². The SMILES string of the molecule is Cc1ncc(CN2CCN(C(=O)c3ccc4c(c3)OCO4)CC2)s1. The minimum atomic E-state index is 0.0570. The van der Waals surface area contributed by atoms with Crippen molar-refractivity contribution >= 4 is 17.2 Å². The molecule has 1 fully saturated rings. The summed E-state index contributed by atoms with van der Waals surface area (Å²) in [5.41, 5.74) is 0.658. The highest BCUT2D eigenvalue weighted by Gasteiger charge is 2.24. The molecule has 0 radical (unpaired) electrons. The number of thiazole rings is 1. The maximum absolute atomic E-state index is 12.7. The average molecular weight is 345 g/mol. The summed E-state index contributed by atoms with van der Waals surface area (Å²) in [7, 11) is 0. The minimum absolute atomic E-state index is 0.0570. The van der Waals surface area contributed by atoms with Crippen LogP contribution >= 0.6 is 11.3 Å². The molecule has 1 saturated heterocycles. The lowest BCUT2D eigenvalue weighted by Crippen LogP contribution is -2.48. The number of fused-ring (bicyclic) bond motifs is 1. The van der Waals surface area contributed by atoms with E-state index in [0.29, 0.717) is 17.1 Å². The van der Waals surface area contributed by atoms with E-state index >= 15 is 0 Å². The van der Waals surface area contributed by atoms with Crippen molar-refractivity contribution in [1.29, 1.82) is 0 Å². The van der Waals surface area contributed by atoms with Crippen LogP contribution in [0.5, 0.6) is 11.5 Å². The molecule has 2 aliphatic heterocycles. The van der Waals surface area contributed by atoms with Crippen molar-refractivity contribution in [2.45, 2.75) is 13.5 Å². The molecule has 126 valence electrons. The number of hydrogen-bond donors (Lipinski definition) is 0. The first-order valence-corrected chi connectivity index (χ1v) is 8.83. The van der Waals surface area contributed by atoms with Crippen molar-refractivity contribution in [3.05, 3.63) is 39.8 Å². The van der Waals surface area contributed by atoms with E-state index in [9.17, 15) is 4.79 Å². The molecule has 0 unspecified atom stereocenters. The monoisotopic (exact) mass is 345 g/mol. The van der Waals surface area contributed by atoms with E-state index < -0.39 is 0 Å². The lowest BCUT2D eigenvalue weighted by Gasteiger charge is -2.34. The van der Waals surface area contributed by atoms with Gasteiger partial charge in [0.2, 0.25) is 6.79 Å². The molecule has 1 amide bonds. The van der Waals surface area contributed by atoms with Gasteiger partial charge in [0.05, 0.1) is 5.01 Å². The van der Waals surface area contributed by atoms with Gasteiger partial charge in [-0.2, -0.15) is 0 Å². The molecular weight excluding hydrogens is 326 g/mol. The van der Waals surface area contributed by atoms with Crippen molar-refractivity contribution in [2.75, 3.05) is 33.0 Å². The van der Waals surface area contributed by atoms with Crippen molar-refractivity contribution in [1.82, 2.24) is 14.8 Å². The number of amides is 1. The summed E-state index contributed by atoms with van der Waals surface area (Å²) in [6.07, 6.45) is 1.95. The third-order valence-corrected chi connectivity index (χ3v) is 5.23. The summed E-state index contributed by atoms with van der Waals surface area (Å²) < 4.78 is 10.6. The number of carbonyl (C=O) groups excluding carboxylic acids is 1. The number of ether oxygens (including phenoxy) is 2. The molecule has 0 aliphatic carbocycles. The Morgan fingerprint density at radius 1 is 1.21 bits per heavy atom. The molecule has 3 heterocycles. The fraction of sp³-hybridized carbons (Fsp3) is 0.412. The van der Waals surface area contributed by atoms with E-state index in [1.54, 1.807) is 23.5 Å². The number of aromatic nitrogens is 1. The van der Waals surface area contributed by atoms with Gasteiger partial charge < -0.3 is 14.4 Å². The van der Waals surface area contributed by atoms with Crippen LogP contribution in [0.4, 0.5) is 0 Å². The normalized spacial score (nSPS) is 17.3. The number of nitrogens with zero attached hydrogens (tertiary/aromatic N) is 3. The fourth-order valence-corrected chi connectivity index (χ4v) is 3.86. The molecule has 1 aromatic heterocycles. The predicted octanol–water partition coefficient (Wildman–Crippen LogP) is 2.14. The van der Waals surface area contributed by atoms with Gasteiger partial charge in [-0.25, -0.2) is 4.98 Å². The summed E-state index contributed by atoms with van der Waals surface area (Å²) in [4.78, 5) is 22.5. The fourth-order valence-electron chi connectivity index (χ4n) is 3.02. The Kier molecular flexibility index (Phi) is 4.12. The minimum Gasteiger partial charge on any atom is -0.454 e. The molecule has 2 aliphatic rings. The molecule has 6 nitrogen and oxygen atoms in total. The first kappa shape index (κ1) is 15.4. The van der Waals surface area contributed by atoms with Crippen LogP contribution in [-0.4, -0.2) is 53.7 Å². The van der Waals surface area contributed by atoms with E-state index in [0.717, 1.165) is 37.7 Å². The lowest BCUT2D eigenvalue weighted by atomic mass is 10.1. The second kappa shape index (κ2) is 6.41. The standard InChI is InChI=1S/C17H19N3O3S/c1-12-18-9-14(24-12)10-19-4-6-20(7-5-19)17(21)13-2-3-15-16(8-13)23-11-22-15/h2-3,8-9H,4-7,10-11H2,1H3. The number of rotatable bonds is 3. The van der Waals surface area contributed by atoms with Crippen LogP contribution < -0.4 is 9.47 Å². The Morgan fingerprint density at radius 3 is 2.75 bits per heavy atom. The number of benzene rings is 1. The molecule has 2 aromatic rings. The molecule has 7 heteroatoms. The van der Waals surface area contributed by atoms with E-state index in [2.05, 4.69) is 9.88 Å². The second-order valence-electron chi connectivity index (χ2n) is 5.98. The highest BCUT2D eigenvalue weighted by Crippen LogP contribution is 2.32. The van der Waals surface area contributed by atoms with Gasteiger partial charge >= 0.3 is 0 Å². The largest absolute Gasteiger partial charge is 0.454 e. The molecule has 4 rings (SSSR count). The van der Waals surface area contributed by atoms with Crippen molar-refractivity contribution < 1.29 is 14.3 Å². The Labute approximate surface area is 144 Å². The van der Waals surface area contributed by atoms with Crippen molar-refractivity contribution in [2.24, 2.45) is 0 Å². The van der Waals surface area contributed by atoms with Gasteiger partial charge in [-0.3, -0.25) is 9.69 Å². The molecular formula is C17H19N3O3S. The molecule has 0 bridgehead atoms. The first-order valence-electron chi connectivity index (χ1n) is 8.01. The number of piperazine rings is 1. The Bertz CT molecular complexity index is 753. The Morgan fingerprint density at radius 2 is 2.00 bits per heavy atom. The van der Waals surface area contributed by atoms with Gasteiger partial charge in [-0.05, 0) is 25.1 Å². The topological polar surface area (TPSA) is 54.9 Å². The van der Waals surface area contributed by atoms with Crippen LogP contribution in [0.2, 0.25) is 0 Å². The van der Waals surface area contributed by atoms with Crippen LogP contribution in [0.3, 0.4) is 0 Å². The van der Waals surface area contributed by atoms with Gasteiger partial charge in [-0.15, -0.1) is 11.3 Å². The first-order chi connectivity index (χ1) is 11.7. The molecule has 24 heavy (non-hydrogen) atoms. The van der Waals surface area contributed by atoms with E-state index in [4.69, 9.17) is 9.47 Å². The summed E-state index contributed by atoms with van der Waals surface area (Å²) in [5, 5.41) is 1.10. The molecule has 0 saturated carbocycles. The third kappa shape index (κ3) is 3.09. The van der Waals surface area contributed by atoms with Crippen LogP contribution in [0, 0.1) is 6.92 Å². The summed E-state index contributed by atoms with van der Waals surface area (Å²) in [6, 6.07) is 5.39. The molecule has 0 spiro atoms. The van der Waals surface area contributed by atoms with Crippen LogP contribution in [0.15, 0.2) is 24.4 Å². The van der Waals surface area contributed by atoms with Gasteiger partial charge in [-0.1, -0.05) is 0 Å². The second-order valence-corrected chi connectivity index (χ2v) is 7.30. The average Bonchev–Trinajstić information content (AvgIpc) is 3.23. The van der Waals surface area contributed by atoms with Crippen LogP contribution in [0.1, 0.15) is 20.2 Å². The molecule has 0 N–H and O–H groups in total. The Hall–Kier alpha value is -2.12. The number of carbonyl (C=O) groups is 1. The van der Waals surface area contributed by atoms with E-state index in [1.165, 1.54) is 4.88 Å². The highest BCUT2D eigenvalue weighted by atomic mass is 32.1. The lowest BCUT2D eigenvalue weighted by molar-refractivity contribution is 0.0629. The van der Waals surface area contributed by atoms with E-state index in [1.807, 2.05) is 24.1 Å². The number of aryl methyl sites for hydroxylation is 1. The number of hydrogen-bond acceptors (Lipinski definition) is 6. The zero-order chi connectivity index (χ0) is 16.5. The smallest absolute Gasteiger partial charge is 0.254 e. The maximum atomic E-state index is 12.7. The highest BCUT2D eigenvalue weighted by molar-refractivity contribution is 7.11. The predicted molar refractivity (Wildman–Crippen MR) is 90.6 cm³/mol. The quantitative estimate of drug-likeness (QED) is 0.853. The zero-order valence-corrected chi connectivity index (χ0v) is 14.3. The van der Waals surface area contributed by atoms with E-state index in [-0.39, 0.29) is 12.7 Å². The molecule has 0 atom stereocenters. The molecule has 1 aromatic carbocycles. The maximum Gasteiger partial charge on any atom is 0.254 e.